The fraction of sp³-hybridized carbons (Fsp3) is 0.512. The lowest BCUT2D eigenvalue weighted by atomic mass is 10.0. The van der Waals surface area contributed by atoms with Gasteiger partial charge in [-0.05, 0) is 112 Å². The molecule has 0 aliphatic rings. The molecule has 0 bridgehead atoms. The van der Waals surface area contributed by atoms with E-state index in [2.05, 4.69) is 59.6 Å². The SMILES string of the molecule is CC(C)OC(=O)c1cc(-c2nn(C)c(C(F)(F)F)c2Br)c(F)cc1Cl.CCNc1nc(Cl)nc(NC(C)C)n1.CCc1cccc(C)c1N(C(=O)CCl)C(C)COC.CP(=O)(O)CCC(N)C(=O)O. The van der Waals surface area contributed by atoms with Gasteiger partial charge in [-0.25, -0.2) is 9.18 Å². The first-order valence-corrected chi connectivity index (χ1v) is 25.5. The summed E-state index contributed by atoms with van der Waals surface area (Å²) in [5.41, 5.74) is 6.44. The van der Waals surface area contributed by atoms with E-state index in [4.69, 9.17) is 60.0 Å². The van der Waals surface area contributed by atoms with Gasteiger partial charge >= 0.3 is 18.1 Å². The number of para-hydroxylation sites is 1. The molecule has 0 saturated heterocycles. The number of methoxy groups -OCH3 is 1. The molecule has 1 amide bonds. The van der Waals surface area contributed by atoms with E-state index in [0.717, 1.165) is 49.0 Å². The second-order valence-electron chi connectivity index (χ2n) is 15.6. The van der Waals surface area contributed by atoms with E-state index in [1.807, 2.05) is 46.8 Å². The Morgan fingerprint density at radius 1 is 1.06 bits per heavy atom. The number of amides is 1. The van der Waals surface area contributed by atoms with Crippen LogP contribution in [0.2, 0.25) is 10.3 Å². The highest BCUT2D eigenvalue weighted by Crippen LogP contribution is 2.41. The number of benzene rings is 2. The summed E-state index contributed by atoms with van der Waals surface area (Å²) >= 11 is 20.2. The molecule has 2 aromatic heterocycles. The molecule has 0 spiro atoms. The standard InChI is InChI=1S/C15H12BrClF4N2O2.C15H22ClNO2.C8H14ClN5.C5H12NO4P/c1-6(2)25-14(24)7-4-8(10(18)5-9(7)17)12-11(16)13(15(19,20)21)23(3)22-12;1-5-13-8-6-7-11(2)15(13)17(14(18)9-16)12(3)10-19-4;1-4-10-7-12-6(9)13-8(14-7)11-5(2)3;1-11(9,10)3-2-4(6)5(7)8/h4-6H,1-3H3;6-8,12H,5,9-10H2,1-4H3;5H,4H2,1-3H3,(H2,10,11,12,13,14);4H,2-3,6H2,1H3,(H,7,8)(H,9,10). The summed E-state index contributed by atoms with van der Waals surface area (Å²) in [7, 11) is -0.383. The average molecular weight is 1120 g/mol. The van der Waals surface area contributed by atoms with E-state index in [0.29, 0.717) is 23.2 Å². The number of nitrogens with zero attached hydrogens (tertiary/aromatic N) is 6. The number of rotatable bonds is 17. The molecule has 0 radical (unpaired) electrons. The first kappa shape index (κ1) is 62.9. The number of carbonyl (C=O) groups excluding carboxylic acids is 2. The molecule has 4 rings (SSSR count). The zero-order valence-electron chi connectivity index (χ0n) is 40.0. The number of nitrogens with one attached hydrogen (secondary N) is 2. The van der Waals surface area contributed by atoms with E-state index in [1.54, 1.807) is 25.9 Å². The number of hydrogen-bond acceptors (Lipinski definition) is 13. The topological polar surface area (TPSA) is 237 Å². The molecule has 3 unspecified atom stereocenters. The van der Waals surface area contributed by atoms with Crippen LogP contribution in [0, 0.1) is 12.7 Å². The molecule has 4 aromatic rings. The molecule has 0 aliphatic carbocycles. The summed E-state index contributed by atoms with van der Waals surface area (Å²) in [6.07, 6.45) is -4.26. The first-order valence-electron chi connectivity index (χ1n) is 21.1. The number of aromatic nitrogens is 5. The summed E-state index contributed by atoms with van der Waals surface area (Å²) in [6, 6.07) is 7.14. The minimum atomic E-state index is -4.69. The van der Waals surface area contributed by atoms with Crippen LogP contribution >= 0.6 is 58.1 Å². The molecule has 386 valence electrons. The highest BCUT2D eigenvalue weighted by atomic mass is 79.9. The number of ether oxygens (including phenoxy) is 2. The van der Waals surface area contributed by atoms with Gasteiger partial charge in [-0.15, -0.1) is 11.6 Å². The van der Waals surface area contributed by atoms with Crippen molar-refractivity contribution in [2.24, 2.45) is 12.8 Å². The van der Waals surface area contributed by atoms with Crippen molar-refractivity contribution in [2.75, 3.05) is 54.5 Å². The number of alkyl halides is 4. The quantitative estimate of drug-likeness (QED) is 0.0286. The van der Waals surface area contributed by atoms with Crippen LogP contribution in [0.25, 0.3) is 11.3 Å². The normalized spacial score (nSPS) is 12.8. The predicted molar refractivity (Wildman–Crippen MR) is 266 cm³/mol. The minimum absolute atomic E-state index is 0.0223. The Morgan fingerprint density at radius 2 is 1.67 bits per heavy atom. The number of halogens is 8. The van der Waals surface area contributed by atoms with Gasteiger partial charge in [0.15, 0.2) is 13.1 Å². The Labute approximate surface area is 422 Å². The predicted octanol–water partition coefficient (Wildman–Crippen LogP) is 9.86. The van der Waals surface area contributed by atoms with Gasteiger partial charge in [0.1, 0.15) is 23.4 Å². The summed E-state index contributed by atoms with van der Waals surface area (Å²) < 4.78 is 74.5. The Hall–Kier alpha value is -4.15. The third kappa shape index (κ3) is 21.0. The number of hydrogen-bond donors (Lipinski definition) is 5. The molecule has 0 saturated carbocycles. The zero-order valence-corrected chi connectivity index (χ0v) is 44.8. The molecule has 2 aromatic carbocycles. The fourth-order valence-corrected chi connectivity index (χ4v) is 7.92. The second-order valence-corrected chi connectivity index (χ2v) is 20.0. The van der Waals surface area contributed by atoms with Gasteiger partial charge in [0.25, 0.3) is 0 Å². The lowest BCUT2D eigenvalue weighted by Gasteiger charge is -2.31. The largest absolute Gasteiger partial charge is 0.480 e. The van der Waals surface area contributed by atoms with E-state index in [1.165, 1.54) is 6.66 Å². The Bertz CT molecular complexity index is 2380. The third-order valence-electron chi connectivity index (χ3n) is 8.84. The molecule has 6 N–H and O–H groups in total. The van der Waals surface area contributed by atoms with Crippen LogP contribution in [0.15, 0.2) is 34.8 Å². The fourth-order valence-electron chi connectivity index (χ4n) is 5.88. The van der Waals surface area contributed by atoms with Crippen molar-refractivity contribution in [3.63, 3.8) is 0 Å². The van der Waals surface area contributed by atoms with Crippen molar-refractivity contribution in [3.8, 4) is 11.3 Å². The Balaban J connectivity index is 0.000000482. The van der Waals surface area contributed by atoms with Gasteiger partial charge in [0.05, 0.1) is 39.5 Å². The smallest absolute Gasteiger partial charge is 0.434 e. The zero-order chi connectivity index (χ0) is 53.1. The van der Waals surface area contributed by atoms with E-state index >= 15 is 0 Å². The van der Waals surface area contributed by atoms with Gasteiger partial charge in [0, 0.05) is 45.1 Å². The summed E-state index contributed by atoms with van der Waals surface area (Å²) in [6.45, 7) is 17.7. The second kappa shape index (κ2) is 29.3. The number of aliphatic carboxylic acids is 1. The number of carbonyl (C=O) groups is 3. The maximum absolute atomic E-state index is 14.3. The van der Waals surface area contributed by atoms with Gasteiger partial charge in [-0.3, -0.25) is 18.8 Å². The van der Waals surface area contributed by atoms with Crippen LogP contribution in [0.1, 0.15) is 82.1 Å². The van der Waals surface area contributed by atoms with Crippen LogP contribution in [-0.4, -0.2) is 116 Å². The molecule has 2 heterocycles. The van der Waals surface area contributed by atoms with Gasteiger partial charge in [-0.1, -0.05) is 36.7 Å². The molecule has 3 atom stereocenters. The number of nitrogens with two attached hydrogens (primary N) is 1. The number of carboxylic acids is 1. The van der Waals surface area contributed by atoms with Crippen molar-refractivity contribution in [1.29, 1.82) is 0 Å². The van der Waals surface area contributed by atoms with Crippen LogP contribution in [0.5, 0.6) is 0 Å². The molecular weight excluding hydrogens is 1060 g/mol. The maximum atomic E-state index is 14.3. The van der Waals surface area contributed by atoms with Crippen LogP contribution < -0.4 is 21.3 Å². The van der Waals surface area contributed by atoms with Crippen LogP contribution in [0.3, 0.4) is 0 Å². The van der Waals surface area contributed by atoms with Gasteiger partial charge in [0.2, 0.25) is 23.1 Å². The molecular formula is C43H60BrCl3F4N9O8P. The molecule has 17 nitrogen and oxygen atoms in total. The average Bonchev–Trinajstić information content (AvgIpc) is 3.53. The van der Waals surface area contributed by atoms with E-state index in [-0.39, 0.29) is 63.6 Å². The molecule has 0 aliphatic heterocycles. The van der Waals surface area contributed by atoms with Crippen LogP contribution in [0.4, 0.5) is 35.1 Å². The maximum Gasteiger partial charge on any atom is 0.434 e. The number of aryl methyl sites for hydroxylation is 3. The molecule has 69 heavy (non-hydrogen) atoms. The van der Waals surface area contributed by atoms with Crippen molar-refractivity contribution in [2.45, 2.75) is 98.6 Å². The van der Waals surface area contributed by atoms with Crippen molar-refractivity contribution in [1.82, 2.24) is 24.7 Å². The van der Waals surface area contributed by atoms with E-state index in [9.17, 15) is 36.5 Å². The summed E-state index contributed by atoms with van der Waals surface area (Å²) in [5, 5.41) is 18.0. The number of esters is 1. The highest BCUT2D eigenvalue weighted by Gasteiger charge is 2.39. The van der Waals surface area contributed by atoms with Crippen molar-refractivity contribution in [3.05, 3.63) is 73.3 Å². The Morgan fingerprint density at radius 3 is 2.14 bits per heavy atom. The third-order valence-corrected chi connectivity index (χ3v) is 11.4. The van der Waals surface area contributed by atoms with E-state index < -0.39 is 53.6 Å². The van der Waals surface area contributed by atoms with Crippen molar-refractivity contribution >= 4 is 93.5 Å². The van der Waals surface area contributed by atoms with Gasteiger partial charge < -0.3 is 40.7 Å². The highest BCUT2D eigenvalue weighted by molar-refractivity contribution is 9.10. The van der Waals surface area contributed by atoms with Crippen LogP contribution in [-0.2, 0) is 43.3 Å². The summed E-state index contributed by atoms with van der Waals surface area (Å²) in [4.78, 5) is 56.9. The summed E-state index contributed by atoms with van der Waals surface area (Å²) in [5.74, 6) is -1.99. The molecule has 26 heteroatoms. The Kier molecular flexibility index (Phi) is 26.7. The number of anilines is 3. The number of carboxylic acid groups (broad SMARTS) is 1. The monoisotopic (exact) mass is 1120 g/mol. The first-order chi connectivity index (χ1) is 31.9. The lowest BCUT2D eigenvalue weighted by molar-refractivity contribution is -0.144. The minimum Gasteiger partial charge on any atom is -0.480 e. The molecule has 0 fully saturated rings. The van der Waals surface area contributed by atoms with Crippen molar-refractivity contribution < 1.29 is 56.0 Å². The lowest BCUT2D eigenvalue weighted by Crippen LogP contribution is -2.43. The van der Waals surface area contributed by atoms with Gasteiger partial charge in [-0.2, -0.15) is 33.2 Å².